The number of fused-ring (bicyclic) bond motifs is 1. The van der Waals surface area contributed by atoms with Gasteiger partial charge >= 0.3 is 5.97 Å². The van der Waals surface area contributed by atoms with Crippen LogP contribution in [0.3, 0.4) is 0 Å². The molecular weight excluding hydrogens is 417 g/mol. The van der Waals surface area contributed by atoms with Crippen molar-refractivity contribution < 1.29 is 14.6 Å². The number of aromatic nitrogens is 1. The number of ether oxygens (including phenoxy) is 1. The van der Waals surface area contributed by atoms with Crippen molar-refractivity contribution in [2.45, 2.75) is 12.8 Å². The third-order valence-corrected chi connectivity index (χ3v) is 4.12. The summed E-state index contributed by atoms with van der Waals surface area (Å²) in [5, 5.41) is 9.70. The fraction of sp³-hybridized carbons (Fsp3) is 0.143. The number of aliphatic carboxylic acids is 1. The summed E-state index contributed by atoms with van der Waals surface area (Å²) in [7, 11) is 0. The van der Waals surface area contributed by atoms with Gasteiger partial charge in [0.25, 0.3) is 0 Å². The van der Waals surface area contributed by atoms with Crippen molar-refractivity contribution in [3.63, 3.8) is 0 Å². The number of nitrogens with zero attached hydrogens (tertiary/aromatic N) is 1. The topological polar surface area (TPSA) is 59.4 Å². The van der Waals surface area contributed by atoms with Crippen LogP contribution in [-0.2, 0) is 4.79 Å². The summed E-state index contributed by atoms with van der Waals surface area (Å²) in [6.45, 7) is 0.365. The van der Waals surface area contributed by atoms with E-state index in [1.807, 2.05) is 54.6 Å². The van der Waals surface area contributed by atoms with Crippen molar-refractivity contribution in [1.29, 1.82) is 0 Å². The summed E-state index contributed by atoms with van der Waals surface area (Å²) in [5.74, 6) is 6.03. The molecule has 0 atom stereocenters. The second kappa shape index (κ2) is 10.5. The Morgan fingerprint density at radius 3 is 2.74 bits per heavy atom. The predicted molar refractivity (Wildman–Crippen MR) is 110 cm³/mol. The molecule has 4 nitrogen and oxygen atoms in total. The van der Waals surface area contributed by atoms with Gasteiger partial charge in [0, 0.05) is 51.4 Å². The van der Waals surface area contributed by atoms with Crippen LogP contribution in [-0.4, -0.2) is 52.2 Å². The van der Waals surface area contributed by atoms with Gasteiger partial charge in [-0.1, -0.05) is 40.0 Å². The molecule has 0 spiro atoms. The molecule has 0 fully saturated rings. The molecule has 3 aromatic rings. The number of carboxylic acid groups (broad SMARTS) is 1. The average molecular weight is 433 g/mol. The molecule has 0 unspecified atom stereocenters. The number of halogens is 1. The minimum atomic E-state index is -0.817. The van der Waals surface area contributed by atoms with Crippen LogP contribution in [0.4, 0.5) is 0 Å². The van der Waals surface area contributed by atoms with Crippen molar-refractivity contribution >= 4 is 62.4 Å². The van der Waals surface area contributed by atoms with Gasteiger partial charge in [-0.25, -0.2) is 4.98 Å². The molecule has 0 saturated carbocycles. The van der Waals surface area contributed by atoms with Crippen LogP contribution in [0.25, 0.3) is 10.9 Å². The van der Waals surface area contributed by atoms with E-state index in [0.29, 0.717) is 24.5 Å². The van der Waals surface area contributed by atoms with Crippen LogP contribution in [0.2, 0.25) is 0 Å². The third kappa shape index (κ3) is 6.67. The molecule has 131 valence electrons. The Morgan fingerprint density at radius 2 is 1.93 bits per heavy atom. The van der Waals surface area contributed by atoms with E-state index >= 15 is 0 Å². The van der Waals surface area contributed by atoms with Crippen LogP contribution >= 0.6 is 15.9 Å². The summed E-state index contributed by atoms with van der Waals surface area (Å²) in [6.07, 6.45) is 0.574. The number of carbonyl (C=O) groups is 1. The Hall–Kier alpha value is -1.84. The van der Waals surface area contributed by atoms with E-state index in [0.717, 1.165) is 20.9 Å². The Kier molecular flexibility index (Phi) is 8.33. The standard InChI is InChI=1S/C21H16BrNO3.Na/c22-17-9-7-16-8-11-18(23-20(16)14-17)10-6-15-3-1-4-19(13-15)26-12-2-5-21(24)25;/h1,3-4,7-9,11,13-14H,2,5,12H2,(H,24,25);. The molecule has 0 aliphatic rings. The summed E-state index contributed by atoms with van der Waals surface area (Å²) in [5.41, 5.74) is 2.40. The zero-order valence-electron chi connectivity index (χ0n) is 14.9. The summed E-state index contributed by atoms with van der Waals surface area (Å²) >= 11 is 3.45. The molecule has 0 amide bonds. The van der Waals surface area contributed by atoms with Gasteiger partial charge in [0.1, 0.15) is 11.4 Å². The van der Waals surface area contributed by atoms with Gasteiger partial charge in [0.2, 0.25) is 0 Å². The average Bonchev–Trinajstić information content (AvgIpc) is 2.63. The first-order valence-electron chi connectivity index (χ1n) is 8.13. The first-order chi connectivity index (χ1) is 12.6. The number of rotatable bonds is 5. The van der Waals surface area contributed by atoms with Gasteiger partial charge in [0.15, 0.2) is 0 Å². The first-order valence-corrected chi connectivity index (χ1v) is 8.92. The van der Waals surface area contributed by atoms with Gasteiger partial charge in [-0.15, -0.1) is 0 Å². The maximum absolute atomic E-state index is 10.5. The van der Waals surface area contributed by atoms with Crippen LogP contribution in [0.1, 0.15) is 24.1 Å². The van der Waals surface area contributed by atoms with Gasteiger partial charge in [0.05, 0.1) is 12.1 Å². The summed E-state index contributed by atoms with van der Waals surface area (Å²) in [6, 6.07) is 17.3. The van der Waals surface area contributed by atoms with Crippen LogP contribution in [0.5, 0.6) is 5.75 Å². The molecular formula is C21H16BrNNaO3. The molecule has 1 heterocycles. The zero-order chi connectivity index (χ0) is 18.4. The molecule has 27 heavy (non-hydrogen) atoms. The van der Waals surface area contributed by atoms with Gasteiger partial charge in [-0.05, 0) is 48.7 Å². The SMILES string of the molecule is O=C(O)CCCOc1cccc(C#Cc2ccc3ccc(Br)cc3n2)c1.[Na]. The van der Waals surface area contributed by atoms with Gasteiger partial charge in [-0.2, -0.15) is 0 Å². The monoisotopic (exact) mass is 432 g/mol. The van der Waals surface area contributed by atoms with Gasteiger partial charge < -0.3 is 9.84 Å². The van der Waals surface area contributed by atoms with E-state index in [9.17, 15) is 4.79 Å². The van der Waals surface area contributed by atoms with E-state index < -0.39 is 5.97 Å². The molecule has 1 aromatic heterocycles. The van der Waals surface area contributed by atoms with Crippen LogP contribution < -0.4 is 4.74 Å². The van der Waals surface area contributed by atoms with Crippen molar-refractivity contribution in [2.24, 2.45) is 0 Å². The van der Waals surface area contributed by atoms with Crippen molar-refractivity contribution in [1.82, 2.24) is 4.98 Å². The van der Waals surface area contributed by atoms with E-state index in [-0.39, 0.29) is 36.0 Å². The van der Waals surface area contributed by atoms with E-state index in [1.54, 1.807) is 0 Å². The largest absolute Gasteiger partial charge is 0.494 e. The van der Waals surface area contributed by atoms with Crippen molar-refractivity contribution in [3.05, 3.63) is 70.3 Å². The fourth-order valence-corrected chi connectivity index (χ4v) is 2.72. The number of carboxylic acids is 1. The molecule has 0 saturated heterocycles. The predicted octanol–water partition coefficient (Wildman–Crippen LogP) is 4.26. The third-order valence-electron chi connectivity index (χ3n) is 3.63. The Bertz CT molecular complexity index is 1010. The van der Waals surface area contributed by atoms with Crippen molar-refractivity contribution in [2.75, 3.05) is 6.61 Å². The Morgan fingerprint density at radius 1 is 1.11 bits per heavy atom. The zero-order valence-corrected chi connectivity index (χ0v) is 18.5. The van der Waals surface area contributed by atoms with Crippen LogP contribution in [0.15, 0.2) is 59.1 Å². The van der Waals surface area contributed by atoms with E-state index in [1.165, 1.54) is 0 Å². The molecule has 2 aromatic carbocycles. The number of hydrogen-bond donors (Lipinski definition) is 1. The van der Waals surface area contributed by atoms with E-state index in [2.05, 4.69) is 32.8 Å². The molecule has 1 radical (unpaired) electrons. The van der Waals surface area contributed by atoms with E-state index in [4.69, 9.17) is 9.84 Å². The molecule has 3 rings (SSSR count). The maximum Gasteiger partial charge on any atom is 0.303 e. The molecule has 0 aliphatic heterocycles. The Labute approximate surface area is 188 Å². The number of pyridine rings is 1. The first kappa shape index (κ1) is 21.5. The number of benzene rings is 2. The molecule has 0 bridgehead atoms. The van der Waals surface area contributed by atoms with Crippen molar-refractivity contribution in [3.8, 4) is 17.6 Å². The molecule has 0 aliphatic carbocycles. The second-order valence-corrected chi connectivity index (χ2v) is 6.57. The van der Waals surface area contributed by atoms with Crippen LogP contribution in [0, 0.1) is 11.8 Å². The minimum Gasteiger partial charge on any atom is -0.494 e. The second-order valence-electron chi connectivity index (χ2n) is 5.66. The molecule has 6 heteroatoms. The minimum absolute atomic E-state index is 0. The fourth-order valence-electron chi connectivity index (χ4n) is 2.37. The summed E-state index contributed by atoms with van der Waals surface area (Å²) < 4.78 is 6.55. The Balaban J connectivity index is 0.00000261. The normalized spacial score (nSPS) is 9.81. The smallest absolute Gasteiger partial charge is 0.303 e. The maximum atomic E-state index is 10.5. The molecule has 1 N–H and O–H groups in total. The summed E-state index contributed by atoms with van der Waals surface area (Å²) in [4.78, 5) is 15.1. The van der Waals surface area contributed by atoms with Gasteiger partial charge in [-0.3, -0.25) is 4.79 Å². The number of hydrogen-bond acceptors (Lipinski definition) is 3. The quantitative estimate of drug-likeness (QED) is 0.371.